The largest absolute Gasteiger partial charge is 0.491 e. The minimum atomic E-state index is -4.59. The van der Waals surface area contributed by atoms with Crippen LogP contribution in [0.1, 0.15) is 12.5 Å². The van der Waals surface area contributed by atoms with Gasteiger partial charge in [-0.1, -0.05) is 6.07 Å². The molecule has 0 aliphatic carbocycles. The molecule has 0 N–H and O–H groups in total. The second kappa shape index (κ2) is 8.41. The van der Waals surface area contributed by atoms with Gasteiger partial charge >= 0.3 is 16.3 Å². The lowest BCUT2D eigenvalue weighted by molar-refractivity contribution is -0.137. The lowest BCUT2D eigenvalue weighted by atomic mass is 10.2. The van der Waals surface area contributed by atoms with Crippen molar-refractivity contribution in [2.75, 3.05) is 19.8 Å². The molecule has 0 aliphatic heterocycles. The average Bonchev–Trinajstić information content (AvgIpc) is 2.58. The van der Waals surface area contributed by atoms with E-state index in [9.17, 15) is 21.6 Å². The van der Waals surface area contributed by atoms with Gasteiger partial charge in [-0.2, -0.15) is 21.6 Å². The van der Waals surface area contributed by atoms with Gasteiger partial charge in [0.25, 0.3) is 0 Å². The van der Waals surface area contributed by atoms with Gasteiger partial charge in [0.05, 0.1) is 12.2 Å². The van der Waals surface area contributed by atoms with Gasteiger partial charge in [0.2, 0.25) is 0 Å². The highest BCUT2D eigenvalue weighted by Crippen LogP contribution is 2.32. The molecule has 5 nitrogen and oxygen atoms in total. The molecule has 0 radical (unpaired) electrons. The van der Waals surface area contributed by atoms with Crippen LogP contribution in [0.25, 0.3) is 0 Å². The molecule has 2 aromatic rings. The van der Waals surface area contributed by atoms with Gasteiger partial charge < -0.3 is 13.7 Å². The highest BCUT2D eigenvalue weighted by Gasteiger charge is 2.31. The molecule has 0 aromatic heterocycles. The summed E-state index contributed by atoms with van der Waals surface area (Å²) in [6.07, 6.45) is -4.59. The first-order valence-electron chi connectivity index (χ1n) is 7.65. The van der Waals surface area contributed by atoms with Crippen LogP contribution in [-0.2, 0) is 21.0 Å². The molecule has 26 heavy (non-hydrogen) atoms. The number of alkyl halides is 3. The Kier molecular flexibility index (Phi) is 6.49. The Morgan fingerprint density at radius 3 is 2.27 bits per heavy atom. The maximum absolute atomic E-state index is 12.7. The number of hydrogen-bond donors (Lipinski definition) is 0. The fourth-order valence-corrected chi connectivity index (χ4v) is 2.89. The molecular formula is C17H17F3O5S. The van der Waals surface area contributed by atoms with E-state index in [0.717, 1.165) is 18.2 Å². The molecule has 0 aliphatic rings. The molecule has 2 aromatic carbocycles. The lowest BCUT2D eigenvalue weighted by Gasteiger charge is -2.11. The Morgan fingerprint density at radius 1 is 0.962 bits per heavy atom. The molecule has 0 heterocycles. The fourth-order valence-electron chi connectivity index (χ4n) is 1.96. The molecule has 0 saturated heterocycles. The quantitative estimate of drug-likeness (QED) is 0.506. The van der Waals surface area contributed by atoms with Crippen molar-refractivity contribution in [3.63, 3.8) is 0 Å². The van der Waals surface area contributed by atoms with Gasteiger partial charge in [0, 0.05) is 6.61 Å². The maximum atomic E-state index is 12.7. The molecule has 0 saturated carbocycles. The zero-order chi connectivity index (χ0) is 19.2. The molecule has 0 unspecified atom stereocenters. The molecule has 0 bridgehead atoms. The second-order valence-electron chi connectivity index (χ2n) is 5.08. The van der Waals surface area contributed by atoms with Gasteiger partial charge in [-0.25, -0.2) is 0 Å². The van der Waals surface area contributed by atoms with Crippen LogP contribution in [0.15, 0.2) is 53.4 Å². The van der Waals surface area contributed by atoms with Crippen molar-refractivity contribution in [1.82, 2.24) is 0 Å². The summed E-state index contributed by atoms with van der Waals surface area (Å²) in [5, 5.41) is 0. The van der Waals surface area contributed by atoms with Gasteiger partial charge in [-0.3, -0.25) is 0 Å². The number of ether oxygens (including phenoxy) is 2. The van der Waals surface area contributed by atoms with Crippen molar-refractivity contribution >= 4 is 10.1 Å². The van der Waals surface area contributed by atoms with Crippen LogP contribution in [0.3, 0.4) is 0 Å². The molecule has 0 spiro atoms. The predicted molar refractivity (Wildman–Crippen MR) is 87.7 cm³/mol. The zero-order valence-electron chi connectivity index (χ0n) is 13.8. The lowest BCUT2D eigenvalue weighted by Crippen LogP contribution is -2.11. The zero-order valence-corrected chi connectivity index (χ0v) is 14.6. The summed E-state index contributed by atoms with van der Waals surface area (Å²) in [5.74, 6) is 0.0135. The van der Waals surface area contributed by atoms with E-state index in [4.69, 9.17) is 13.7 Å². The summed E-state index contributed by atoms with van der Waals surface area (Å²) in [6.45, 7) is 3.12. The topological polar surface area (TPSA) is 61.8 Å². The Hall–Kier alpha value is -2.26. The van der Waals surface area contributed by atoms with Gasteiger partial charge in [0.15, 0.2) is 0 Å². The van der Waals surface area contributed by atoms with Crippen LogP contribution in [-0.4, -0.2) is 28.2 Å². The van der Waals surface area contributed by atoms with Crippen LogP contribution in [0.5, 0.6) is 11.5 Å². The van der Waals surface area contributed by atoms with Crippen LogP contribution >= 0.6 is 0 Å². The second-order valence-corrected chi connectivity index (χ2v) is 6.63. The van der Waals surface area contributed by atoms with Crippen LogP contribution in [0, 0.1) is 0 Å². The molecule has 142 valence electrons. The standard InChI is InChI=1S/C17H17F3O5S/c1-2-23-10-11-24-14-6-8-16(9-7-14)26(21,22)25-15-5-3-4-13(12-15)17(18,19)20/h3-9,12H,2,10-11H2,1H3. The fraction of sp³-hybridized carbons (Fsp3) is 0.294. The smallest absolute Gasteiger partial charge is 0.416 e. The van der Waals surface area contributed by atoms with Crippen molar-refractivity contribution in [3.05, 3.63) is 54.1 Å². The monoisotopic (exact) mass is 390 g/mol. The summed E-state index contributed by atoms with van der Waals surface area (Å²) < 4.78 is 77.8. The Morgan fingerprint density at radius 2 is 1.65 bits per heavy atom. The number of halogens is 3. The van der Waals surface area contributed by atoms with Gasteiger partial charge in [-0.15, -0.1) is 0 Å². The first kappa shape index (κ1) is 20.1. The number of rotatable bonds is 8. The van der Waals surface area contributed by atoms with E-state index in [2.05, 4.69) is 0 Å². The van der Waals surface area contributed by atoms with Crippen molar-refractivity contribution in [2.24, 2.45) is 0 Å². The third-order valence-electron chi connectivity index (χ3n) is 3.18. The third-order valence-corrected chi connectivity index (χ3v) is 4.44. The summed E-state index contributed by atoms with van der Waals surface area (Å²) >= 11 is 0. The Bertz CT molecular complexity index is 817. The summed E-state index contributed by atoms with van der Waals surface area (Å²) in [5.41, 5.74) is -0.997. The van der Waals surface area contributed by atoms with Crippen molar-refractivity contribution < 1.29 is 35.2 Å². The van der Waals surface area contributed by atoms with E-state index in [0.29, 0.717) is 31.6 Å². The van der Waals surface area contributed by atoms with E-state index in [1.54, 1.807) is 0 Å². The van der Waals surface area contributed by atoms with Crippen molar-refractivity contribution in [1.29, 1.82) is 0 Å². The van der Waals surface area contributed by atoms with Gasteiger partial charge in [0.1, 0.15) is 23.0 Å². The first-order valence-corrected chi connectivity index (χ1v) is 9.05. The highest BCUT2D eigenvalue weighted by molar-refractivity contribution is 7.87. The van der Waals surface area contributed by atoms with Crippen molar-refractivity contribution in [2.45, 2.75) is 18.0 Å². The average molecular weight is 390 g/mol. The summed E-state index contributed by atoms with van der Waals surface area (Å²) in [4.78, 5) is -0.202. The van der Waals surface area contributed by atoms with E-state index in [1.807, 2.05) is 6.92 Å². The predicted octanol–water partition coefficient (Wildman–Crippen LogP) is 3.89. The molecule has 0 amide bonds. The molecule has 0 atom stereocenters. The molecular weight excluding hydrogens is 373 g/mol. The van der Waals surface area contributed by atoms with Crippen LogP contribution < -0.4 is 8.92 Å². The minimum Gasteiger partial charge on any atom is -0.491 e. The van der Waals surface area contributed by atoms with E-state index in [1.165, 1.54) is 24.3 Å². The third kappa shape index (κ3) is 5.63. The highest BCUT2D eigenvalue weighted by atomic mass is 32.2. The van der Waals surface area contributed by atoms with Crippen LogP contribution in [0.2, 0.25) is 0 Å². The summed E-state index contributed by atoms with van der Waals surface area (Å²) in [6, 6.07) is 9.01. The Labute approximate surface area is 149 Å². The number of benzene rings is 2. The molecule has 9 heteroatoms. The normalized spacial score (nSPS) is 12.0. The first-order chi connectivity index (χ1) is 12.2. The number of hydrogen-bond acceptors (Lipinski definition) is 5. The maximum Gasteiger partial charge on any atom is 0.416 e. The SMILES string of the molecule is CCOCCOc1ccc(S(=O)(=O)Oc2cccc(C(F)(F)F)c2)cc1. The van der Waals surface area contributed by atoms with E-state index < -0.39 is 27.6 Å². The van der Waals surface area contributed by atoms with E-state index >= 15 is 0 Å². The van der Waals surface area contributed by atoms with Crippen LogP contribution in [0.4, 0.5) is 13.2 Å². The minimum absolute atomic E-state index is 0.202. The van der Waals surface area contributed by atoms with Crippen molar-refractivity contribution in [3.8, 4) is 11.5 Å². The summed E-state index contributed by atoms with van der Waals surface area (Å²) in [7, 11) is -4.27. The molecule has 2 rings (SSSR count). The van der Waals surface area contributed by atoms with Gasteiger partial charge in [-0.05, 0) is 49.4 Å². The Balaban J connectivity index is 2.08. The van der Waals surface area contributed by atoms with E-state index in [-0.39, 0.29) is 4.90 Å². The molecule has 0 fully saturated rings.